The van der Waals surface area contributed by atoms with Gasteiger partial charge < -0.3 is 14.9 Å². The highest BCUT2D eigenvalue weighted by atomic mass is 16.5. The molecule has 3 rings (SSSR count). The highest BCUT2D eigenvalue weighted by Gasteiger charge is 2.40. The minimum absolute atomic E-state index is 0.0951. The van der Waals surface area contributed by atoms with E-state index in [1.165, 1.54) is 39.0 Å². The Hall–Kier alpha value is -2.23. The predicted molar refractivity (Wildman–Crippen MR) is 129 cm³/mol. The molecule has 2 atom stereocenters. The van der Waals surface area contributed by atoms with Gasteiger partial charge in [-0.2, -0.15) is 0 Å². The highest BCUT2D eigenvalue weighted by Crippen LogP contribution is 2.52. The van der Waals surface area contributed by atoms with Crippen molar-refractivity contribution < 1.29 is 19.7 Å². The number of hydrogen-bond donors (Lipinski definition) is 2. The second-order valence-corrected chi connectivity index (χ2v) is 10.00. The molecule has 176 valence electrons. The van der Waals surface area contributed by atoms with Crippen LogP contribution in [-0.2, 0) is 14.9 Å². The van der Waals surface area contributed by atoms with Crippen LogP contribution in [0.25, 0.3) is 0 Å². The minimum Gasteiger partial charge on any atom is -0.507 e. The number of benzene rings is 1. The molecule has 0 heterocycles. The van der Waals surface area contributed by atoms with Crippen molar-refractivity contribution in [3.8, 4) is 11.5 Å². The van der Waals surface area contributed by atoms with Crippen molar-refractivity contribution in [2.75, 3.05) is 6.61 Å². The summed E-state index contributed by atoms with van der Waals surface area (Å²) in [4.78, 5) is 11.3. The Morgan fingerprint density at radius 1 is 1.16 bits per heavy atom. The number of phenols is 2. The van der Waals surface area contributed by atoms with Crippen LogP contribution < -0.4 is 0 Å². The largest absolute Gasteiger partial charge is 0.507 e. The van der Waals surface area contributed by atoms with Crippen LogP contribution in [0.4, 0.5) is 0 Å². The van der Waals surface area contributed by atoms with Crippen LogP contribution in [-0.4, -0.2) is 22.8 Å². The van der Waals surface area contributed by atoms with Gasteiger partial charge in [0.1, 0.15) is 18.1 Å². The van der Waals surface area contributed by atoms with E-state index in [0.717, 1.165) is 48.8 Å². The molecule has 2 aliphatic rings. The summed E-state index contributed by atoms with van der Waals surface area (Å²) in [6.45, 7) is 10.1. The lowest BCUT2D eigenvalue weighted by atomic mass is 9.61. The van der Waals surface area contributed by atoms with Crippen LogP contribution in [0.3, 0.4) is 0 Å². The molecule has 4 nitrogen and oxygen atoms in total. The lowest BCUT2D eigenvalue weighted by Gasteiger charge is -2.43. The van der Waals surface area contributed by atoms with Crippen molar-refractivity contribution in [3.05, 3.63) is 47.1 Å². The van der Waals surface area contributed by atoms with Gasteiger partial charge in [0.2, 0.25) is 0 Å². The zero-order valence-electron chi connectivity index (χ0n) is 20.1. The summed E-state index contributed by atoms with van der Waals surface area (Å²) in [6.07, 6.45) is 13.2. The van der Waals surface area contributed by atoms with Crippen molar-refractivity contribution in [1.82, 2.24) is 0 Å². The number of phenolic OH excluding ortho intramolecular Hbond substituents is 2. The Balaban J connectivity index is 1.90. The Bertz CT molecular complexity index is 839. The first-order valence-electron chi connectivity index (χ1n) is 12.3. The summed E-state index contributed by atoms with van der Waals surface area (Å²) in [5.41, 5.74) is 3.80. The number of aromatic hydroxyl groups is 2. The molecule has 2 aliphatic carbocycles. The zero-order valence-corrected chi connectivity index (χ0v) is 20.1. The third kappa shape index (κ3) is 5.39. The van der Waals surface area contributed by atoms with Gasteiger partial charge >= 0.3 is 5.97 Å². The monoisotopic (exact) mass is 440 g/mol. The van der Waals surface area contributed by atoms with Crippen LogP contribution in [0.2, 0.25) is 0 Å². The van der Waals surface area contributed by atoms with Crippen molar-refractivity contribution in [2.45, 2.75) is 96.3 Å². The Morgan fingerprint density at radius 2 is 1.84 bits per heavy atom. The molecule has 0 aliphatic heterocycles. The maximum Gasteiger partial charge on any atom is 0.302 e. The van der Waals surface area contributed by atoms with E-state index < -0.39 is 0 Å². The molecule has 0 amide bonds. The van der Waals surface area contributed by atoms with E-state index in [-0.39, 0.29) is 41.3 Å². The first-order valence-corrected chi connectivity index (χ1v) is 12.3. The number of unbranched alkanes of at least 4 members (excludes halogenated alkanes) is 3. The molecular weight excluding hydrogens is 400 g/mol. The van der Waals surface area contributed by atoms with Gasteiger partial charge in [0.25, 0.3) is 0 Å². The molecule has 32 heavy (non-hydrogen) atoms. The number of rotatable bonds is 10. The molecule has 0 spiro atoms. The predicted octanol–water partition coefficient (Wildman–Crippen LogP) is 7.05. The van der Waals surface area contributed by atoms with E-state index in [0.29, 0.717) is 5.56 Å². The van der Waals surface area contributed by atoms with Gasteiger partial charge in [-0.15, -0.1) is 0 Å². The van der Waals surface area contributed by atoms with Crippen molar-refractivity contribution in [1.29, 1.82) is 0 Å². The van der Waals surface area contributed by atoms with Crippen LogP contribution in [0.15, 0.2) is 35.9 Å². The number of carbonyl (C=O) groups is 1. The van der Waals surface area contributed by atoms with Gasteiger partial charge in [0, 0.05) is 18.4 Å². The summed E-state index contributed by atoms with van der Waals surface area (Å²) in [7, 11) is 0. The zero-order chi connectivity index (χ0) is 23.3. The Kier molecular flexibility index (Phi) is 8.08. The number of esters is 1. The quantitative estimate of drug-likeness (QED) is 0.232. The Morgan fingerprint density at radius 3 is 2.38 bits per heavy atom. The average Bonchev–Trinajstić information content (AvgIpc) is 2.70. The number of ether oxygens (including phenoxy) is 1. The first kappa shape index (κ1) is 24.4. The molecule has 1 saturated carbocycles. The number of hydrogen-bond acceptors (Lipinski definition) is 4. The van der Waals surface area contributed by atoms with E-state index in [9.17, 15) is 15.0 Å². The number of allylic oxidation sites excluding steroid dienone is 2. The minimum atomic E-state index is -0.302. The van der Waals surface area contributed by atoms with E-state index >= 15 is 0 Å². The molecule has 0 unspecified atom stereocenters. The summed E-state index contributed by atoms with van der Waals surface area (Å²) in [5, 5.41) is 22.2. The summed E-state index contributed by atoms with van der Waals surface area (Å²) in [5.74, 6) is -0.0143. The summed E-state index contributed by atoms with van der Waals surface area (Å²) < 4.78 is 5.21. The molecule has 2 N–H and O–H groups in total. The van der Waals surface area contributed by atoms with Crippen molar-refractivity contribution in [2.24, 2.45) is 5.92 Å². The number of carbonyl (C=O) groups excluding carboxylic acids is 1. The van der Waals surface area contributed by atoms with Crippen LogP contribution in [0, 0.1) is 5.92 Å². The normalized spacial score (nSPS) is 22.0. The summed E-state index contributed by atoms with van der Waals surface area (Å²) in [6, 6.07) is 3.80. The van der Waals surface area contributed by atoms with Crippen LogP contribution in [0.5, 0.6) is 11.5 Å². The molecule has 1 fully saturated rings. The fourth-order valence-corrected chi connectivity index (χ4v) is 5.57. The van der Waals surface area contributed by atoms with E-state index in [1.54, 1.807) is 0 Å². The second kappa shape index (κ2) is 10.6. The van der Waals surface area contributed by atoms with E-state index in [2.05, 4.69) is 19.6 Å². The van der Waals surface area contributed by atoms with Gasteiger partial charge in [0.05, 0.1) is 0 Å². The standard InChI is InChI=1S/C28H40O4/c1-5-6-7-8-12-28(13-9-14-28)22-16-25(30)27(26(31)17-22)24-15-21(18-32-20(4)29)10-11-23(24)19(2)3/h15-17,23-24,30-31H,2,5-14,18H2,1,3-4H3/t23-,24+/m1/s1. The fourth-order valence-electron chi connectivity index (χ4n) is 5.57. The molecule has 4 heteroatoms. The summed E-state index contributed by atoms with van der Waals surface area (Å²) >= 11 is 0. The molecule has 0 saturated heterocycles. The average molecular weight is 441 g/mol. The maximum atomic E-state index is 11.3. The topological polar surface area (TPSA) is 66.8 Å². The third-order valence-electron chi connectivity index (χ3n) is 7.62. The van der Waals surface area contributed by atoms with Gasteiger partial charge in [0.15, 0.2) is 0 Å². The lowest BCUT2D eigenvalue weighted by Crippen LogP contribution is -2.34. The SMILES string of the molecule is C=C(C)[C@H]1CCC(COC(C)=O)=C[C@@H]1c1c(O)cc(C2(CCCCCC)CCC2)cc1O. The molecule has 1 aromatic carbocycles. The fraction of sp³-hybridized carbons (Fsp3) is 0.607. The smallest absolute Gasteiger partial charge is 0.302 e. The molecular formula is C28H40O4. The molecule has 1 aromatic rings. The van der Waals surface area contributed by atoms with E-state index in [1.807, 2.05) is 19.1 Å². The van der Waals surface area contributed by atoms with Crippen molar-refractivity contribution in [3.63, 3.8) is 0 Å². The van der Waals surface area contributed by atoms with Gasteiger partial charge in [-0.05, 0) is 73.6 Å². The van der Waals surface area contributed by atoms with Crippen LogP contribution >= 0.6 is 0 Å². The van der Waals surface area contributed by atoms with Crippen molar-refractivity contribution >= 4 is 5.97 Å². The van der Waals surface area contributed by atoms with Crippen LogP contribution in [0.1, 0.15) is 102 Å². The lowest BCUT2D eigenvalue weighted by molar-refractivity contribution is -0.140. The molecule has 0 bridgehead atoms. The first-order chi connectivity index (χ1) is 15.3. The van der Waals surface area contributed by atoms with Gasteiger partial charge in [-0.3, -0.25) is 4.79 Å². The maximum absolute atomic E-state index is 11.3. The molecule has 0 aromatic heterocycles. The highest BCUT2D eigenvalue weighted by molar-refractivity contribution is 5.66. The van der Waals surface area contributed by atoms with Gasteiger partial charge in [-0.1, -0.05) is 57.3 Å². The van der Waals surface area contributed by atoms with E-state index in [4.69, 9.17) is 4.74 Å². The van der Waals surface area contributed by atoms with Gasteiger partial charge in [-0.25, -0.2) is 0 Å². The molecule has 0 radical (unpaired) electrons. The third-order valence-corrected chi connectivity index (χ3v) is 7.62. The second-order valence-electron chi connectivity index (χ2n) is 10.00. The Labute approximate surface area is 193 Å².